The van der Waals surface area contributed by atoms with Crippen LogP contribution in [-0.2, 0) is 16.1 Å². The largest absolute Gasteiger partial charge is 0.481 e. The Morgan fingerprint density at radius 1 is 1.50 bits per heavy atom. The number of ether oxygens (including phenoxy) is 2. The summed E-state index contributed by atoms with van der Waals surface area (Å²) in [5, 5.41) is 6.11. The topological polar surface area (TPSA) is 72.5 Å². The van der Waals surface area contributed by atoms with Crippen LogP contribution in [0, 0.1) is 0 Å². The lowest BCUT2D eigenvalue weighted by molar-refractivity contribution is -0.121. The number of methoxy groups -OCH3 is 1. The molecule has 0 radical (unpaired) electrons. The van der Waals surface area contributed by atoms with E-state index in [9.17, 15) is 4.79 Å². The van der Waals surface area contributed by atoms with Crippen molar-refractivity contribution in [3.63, 3.8) is 0 Å². The van der Waals surface area contributed by atoms with E-state index in [1.54, 1.807) is 13.3 Å². The van der Waals surface area contributed by atoms with E-state index in [0.717, 1.165) is 31.6 Å². The van der Waals surface area contributed by atoms with Crippen LogP contribution in [0.4, 0.5) is 0 Å². The average Bonchev–Trinajstić information content (AvgIpc) is 2.49. The van der Waals surface area contributed by atoms with Gasteiger partial charge in [-0.05, 0) is 18.9 Å². The molecule has 0 spiro atoms. The van der Waals surface area contributed by atoms with E-state index >= 15 is 0 Å². The summed E-state index contributed by atoms with van der Waals surface area (Å²) in [4.78, 5) is 15.9. The van der Waals surface area contributed by atoms with Gasteiger partial charge in [-0.15, -0.1) is 0 Å². The van der Waals surface area contributed by atoms with E-state index < -0.39 is 0 Å². The molecule has 2 N–H and O–H groups in total. The Morgan fingerprint density at radius 3 is 3.05 bits per heavy atom. The first-order valence-corrected chi connectivity index (χ1v) is 6.85. The predicted octanol–water partition coefficient (Wildman–Crippen LogP) is 0.475. The van der Waals surface area contributed by atoms with Crippen molar-refractivity contribution in [2.24, 2.45) is 0 Å². The average molecular weight is 279 g/mol. The van der Waals surface area contributed by atoms with Gasteiger partial charge in [0.25, 0.3) is 0 Å². The third-order valence-electron chi connectivity index (χ3n) is 3.23. The van der Waals surface area contributed by atoms with Crippen LogP contribution in [-0.4, -0.2) is 43.8 Å². The number of pyridine rings is 1. The zero-order valence-corrected chi connectivity index (χ0v) is 11.7. The van der Waals surface area contributed by atoms with Gasteiger partial charge in [0, 0.05) is 37.6 Å². The highest BCUT2D eigenvalue weighted by atomic mass is 16.5. The van der Waals surface area contributed by atoms with Crippen LogP contribution in [0.1, 0.15) is 18.4 Å². The summed E-state index contributed by atoms with van der Waals surface area (Å²) >= 11 is 0. The van der Waals surface area contributed by atoms with Gasteiger partial charge in [0.2, 0.25) is 11.8 Å². The van der Waals surface area contributed by atoms with Crippen molar-refractivity contribution in [3.8, 4) is 5.88 Å². The third-order valence-corrected chi connectivity index (χ3v) is 3.23. The van der Waals surface area contributed by atoms with Crippen molar-refractivity contribution >= 4 is 5.91 Å². The lowest BCUT2D eigenvalue weighted by Crippen LogP contribution is -2.42. The molecule has 2 rings (SSSR count). The second-order valence-electron chi connectivity index (χ2n) is 4.73. The molecule has 0 aromatic carbocycles. The van der Waals surface area contributed by atoms with E-state index in [1.165, 1.54) is 0 Å². The van der Waals surface area contributed by atoms with Crippen LogP contribution in [0.2, 0.25) is 0 Å². The summed E-state index contributed by atoms with van der Waals surface area (Å²) < 4.78 is 10.4. The summed E-state index contributed by atoms with van der Waals surface area (Å²) in [7, 11) is 1.59. The molecule has 1 aliphatic heterocycles. The molecule has 0 unspecified atom stereocenters. The van der Waals surface area contributed by atoms with E-state index in [1.807, 2.05) is 12.1 Å². The Kier molecular flexibility index (Phi) is 5.76. The first-order chi connectivity index (χ1) is 9.79. The van der Waals surface area contributed by atoms with Crippen LogP contribution < -0.4 is 15.4 Å². The van der Waals surface area contributed by atoms with Gasteiger partial charge >= 0.3 is 0 Å². The maximum atomic E-state index is 11.8. The molecule has 1 saturated heterocycles. The van der Waals surface area contributed by atoms with Crippen molar-refractivity contribution in [1.29, 1.82) is 0 Å². The zero-order valence-electron chi connectivity index (χ0n) is 11.7. The summed E-state index contributed by atoms with van der Waals surface area (Å²) in [5.74, 6) is 0.601. The lowest BCUT2D eigenvalue weighted by Gasteiger charge is -2.23. The monoisotopic (exact) mass is 279 g/mol. The highest BCUT2D eigenvalue weighted by Crippen LogP contribution is 2.12. The number of carbonyl (C=O) groups excluding carboxylic acids is 1. The van der Waals surface area contributed by atoms with Crippen LogP contribution in [0.15, 0.2) is 18.3 Å². The Labute approximate surface area is 118 Å². The molecule has 2 heterocycles. The van der Waals surface area contributed by atoms with Crippen molar-refractivity contribution < 1.29 is 14.3 Å². The van der Waals surface area contributed by atoms with Gasteiger partial charge in [0.15, 0.2) is 0 Å². The number of carbonyl (C=O) groups is 1. The fourth-order valence-corrected chi connectivity index (χ4v) is 2.17. The number of hydrogen-bond acceptors (Lipinski definition) is 5. The van der Waals surface area contributed by atoms with E-state index in [-0.39, 0.29) is 18.5 Å². The number of aromatic nitrogens is 1. The number of rotatable bonds is 6. The first-order valence-electron chi connectivity index (χ1n) is 6.85. The fourth-order valence-electron chi connectivity index (χ4n) is 2.17. The maximum absolute atomic E-state index is 11.8. The molecule has 6 nitrogen and oxygen atoms in total. The smallest absolute Gasteiger partial charge is 0.234 e. The zero-order chi connectivity index (χ0) is 14.2. The highest BCUT2D eigenvalue weighted by Gasteiger charge is 2.15. The normalized spacial score (nSPS) is 15.8. The van der Waals surface area contributed by atoms with Gasteiger partial charge in [0.05, 0.1) is 13.7 Å². The standard InChI is InChI=1S/C14H21N3O3/c1-19-14-11(3-2-6-16-14)9-15-10-13(18)17-12-4-7-20-8-5-12/h2-3,6,12,15H,4-5,7-10H2,1H3,(H,17,18). The number of amides is 1. The molecule has 0 saturated carbocycles. The first kappa shape index (κ1) is 14.7. The van der Waals surface area contributed by atoms with Gasteiger partial charge in [-0.25, -0.2) is 4.98 Å². The molecule has 6 heteroatoms. The fraction of sp³-hybridized carbons (Fsp3) is 0.571. The van der Waals surface area contributed by atoms with Crippen LogP contribution in [0.3, 0.4) is 0 Å². The van der Waals surface area contributed by atoms with Crippen molar-refractivity contribution in [2.45, 2.75) is 25.4 Å². The molecule has 110 valence electrons. The van der Waals surface area contributed by atoms with Crippen molar-refractivity contribution in [3.05, 3.63) is 23.9 Å². The summed E-state index contributed by atoms with van der Waals surface area (Å²) in [5.41, 5.74) is 0.939. The molecule has 1 aromatic heterocycles. The van der Waals surface area contributed by atoms with Gasteiger partial charge in [-0.2, -0.15) is 0 Å². The van der Waals surface area contributed by atoms with E-state index in [0.29, 0.717) is 12.4 Å². The highest BCUT2D eigenvalue weighted by molar-refractivity contribution is 5.78. The van der Waals surface area contributed by atoms with Crippen LogP contribution in [0.25, 0.3) is 0 Å². The minimum absolute atomic E-state index is 0.0137. The molecular formula is C14H21N3O3. The molecule has 1 fully saturated rings. The Balaban J connectivity index is 1.70. The van der Waals surface area contributed by atoms with E-state index in [4.69, 9.17) is 9.47 Å². The number of nitrogens with zero attached hydrogens (tertiary/aromatic N) is 1. The van der Waals surface area contributed by atoms with Crippen LogP contribution in [0.5, 0.6) is 5.88 Å². The van der Waals surface area contributed by atoms with E-state index in [2.05, 4.69) is 15.6 Å². The van der Waals surface area contributed by atoms with Crippen LogP contribution >= 0.6 is 0 Å². The lowest BCUT2D eigenvalue weighted by atomic mass is 10.1. The Bertz CT molecular complexity index is 433. The molecular weight excluding hydrogens is 258 g/mol. The van der Waals surface area contributed by atoms with Crippen molar-refractivity contribution in [1.82, 2.24) is 15.6 Å². The van der Waals surface area contributed by atoms with Gasteiger partial charge in [-0.1, -0.05) is 6.07 Å². The number of nitrogens with one attached hydrogen (secondary N) is 2. The van der Waals surface area contributed by atoms with Gasteiger partial charge < -0.3 is 20.1 Å². The molecule has 0 bridgehead atoms. The van der Waals surface area contributed by atoms with Gasteiger partial charge in [0.1, 0.15) is 0 Å². The predicted molar refractivity (Wildman–Crippen MR) is 74.5 cm³/mol. The molecule has 0 aliphatic carbocycles. The minimum Gasteiger partial charge on any atom is -0.481 e. The second-order valence-corrected chi connectivity index (χ2v) is 4.73. The molecule has 1 aliphatic rings. The van der Waals surface area contributed by atoms with Gasteiger partial charge in [-0.3, -0.25) is 4.79 Å². The third kappa shape index (κ3) is 4.47. The molecule has 20 heavy (non-hydrogen) atoms. The second kappa shape index (κ2) is 7.81. The Hall–Kier alpha value is -1.66. The summed E-state index contributed by atoms with van der Waals surface area (Å²) in [6, 6.07) is 4.02. The summed E-state index contributed by atoms with van der Waals surface area (Å²) in [6.45, 7) is 2.30. The summed E-state index contributed by atoms with van der Waals surface area (Å²) in [6.07, 6.45) is 3.46. The molecule has 0 atom stereocenters. The Morgan fingerprint density at radius 2 is 2.30 bits per heavy atom. The molecule has 1 amide bonds. The molecule has 1 aromatic rings. The van der Waals surface area contributed by atoms with Crippen molar-refractivity contribution in [2.75, 3.05) is 26.9 Å². The maximum Gasteiger partial charge on any atom is 0.234 e. The number of hydrogen-bond donors (Lipinski definition) is 2. The quantitative estimate of drug-likeness (QED) is 0.792. The minimum atomic E-state index is 0.0137. The SMILES string of the molecule is COc1ncccc1CNCC(=O)NC1CCOCC1.